The Labute approximate surface area is 80.1 Å². The normalized spacial score (nSPS) is 13.4. The van der Waals surface area contributed by atoms with Crippen LogP contribution in [0.15, 0.2) is 0 Å². The summed E-state index contributed by atoms with van der Waals surface area (Å²) in [4.78, 5) is 2.10. The summed E-state index contributed by atoms with van der Waals surface area (Å²) in [5.74, 6) is 0.711. The molecule has 2 nitrogen and oxygen atoms in total. The van der Waals surface area contributed by atoms with Crippen molar-refractivity contribution < 1.29 is 0 Å². The van der Waals surface area contributed by atoms with Crippen molar-refractivity contribution in [2.45, 2.75) is 25.6 Å². The summed E-state index contributed by atoms with van der Waals surface area (Å²) in [6.07, 6.45) is 1.16. The summed E-state index contributed by atoms with van der Waals surface area (Å²) >= 11 is 5.67. The van der Waals surface area contributed by atoms with Crippen molar-refractivity contribution in [2.75, 3.05) is 20.1 Å². The second-order valence-corrected chi connectivity index (χ2v) is 4.07. The maximum atomic E-state index is 8.45. The molecule has 0 aromatic rings. The van der Waals surface area contributed by atoms with E-state index in [0.717, 1.165) is 13.0 Å². The third-order valence-electron chi connectivity index (χ3n) is 1.70. The predicted octanol–water partition coefficient (Wildman–Crippen LogP) is 2.10. The number of nitrogens with zero attached hydrogens (tertiary/aromatic N) is 2. The smallest absolute Gasteiger partial charge is 0.133 e. The molecule has 0 spiro atoms. The lowest BCUT2D eigenvalue weighted by molar-refractivity contribution is 0.318. The van der Waals surface area contributed by atoms with E-state index in [1.54, 1.807) is 0 Å². The largest absolute Gasteiger partial charge is 0.304 e. The average molecular weight is 189 g/mol. The Morgan fingerprint density at radius 3 is 2.50 bits per heavy atom. The van der Waals surface area contributed by atoms with Gasteiger partial charge in [-0.05, 0) is 25.9 Å². The standard InChI is InChI=1S/C9H17ClN2/c1-8(2)4-5-12(3)7-9(10)6-11/h8-9H,4-5,7H2,1-3H3. The Bertz CT molecular complexity index is 151. The zero-order chi connectivity index (χ0) is 9.56. The van der Waals surface area contributed by atoms with E-state index in [1.165, 1.54) is 0 Å². The van der Waals surface area contributed by atoms with Gasteiger partial charge in [0.1, 0.15) is 5.38 Å². The fourth-order valence-corrected chi connectivity index (χ4v) is 1.12. The zero-order valence-corrected chi connectivity index (χ0v) is 8.80. The van der Waals surface area contributed by atoms with Crippen LogP contribution in [0.25, 0.3) is 0 Å². The SMILES string of the molecule is CC(C)CCN(C)CC(Cl)C#N. The molecule has 0 aromatic carbocycles. The third-order valence-corrected chi connectivity index (χ3v) is 1.94. The molecule has 0 N–H and O–H groups in total. The molecule has 0 amide bonds. The Balaban J connectivity index is 3.47. The fraction of sp³-hybridized carbons (Fsp3) is 0.889. The first-order valence-electron chi connectivity index (χ1n) is 4.28. The van der Waals surface area contributed by atoms with Crippen LogP contribution in [-0.2, 0) is 0 Å². The first-order valence-corrected chi connectivity index (χ1v) is 4.72. The van der Waals surface area contributed by atoms with Crippen LogP contribution in [0.3, 0.4) is 0 Å². The first kappa shape index (κ1) is 11.7. The molecule has 1 unspecified atom stereocenters. The number of hydrogen-bond acceptors (Lipinski definition) is 2. The van der Waals surface area contributed by atoms with Crippen LogP contribution in [0.5, 0.6) is 0 Å². The van der Waals surface area contributed by atoms with E-state index in [9.17, 15) is 0 Å². The van der Waals surface area contributed by atoms with Crippen LogP contribution in [-0.4, -0.2) is 30.4 Å². The Morgan fingerprint density at radius 2 is 2.08 bits per heavy atom. The van der Waals surface area contributed by atoms with E-state index < -0.39 is 0 Å². The lowest BCUT2D eigenvalue weighted by Crippen LogP contribution is -2.27. The summed E-state index contributed by atoms with van der Waals surface area (Å²) in [5, 5.41) is 8.08. The first-order chi connectivity index (χ1) is 5.56. The van der Waals surface area contributed by atoms with Gasteiger partial charge in [0.25, 0.3) is 0 Å². The molecule has 70 valence electrons. The summed E-state index contributed by atoms with van der Waals surface area (Å²) < 4.78 is 0. The summed E-state index contributed by atoms with van der Waals surface area (Å²) in [6, 6.07) is 2.01. The highest BCUT2D eigenvalue weighted by Gasteiger charge is 2.06. The van der Waals surface area contributed by atoms with Crippen molar-refractivity contribution in [1.82, 2.24) is 4.90 Å². The van der Waals surface area contributed by atoms with Gasteiger partial charge in [0.05, 0.1) is 6.07 Å². The van der Waals surface area contributed by atoms with E-state index in [2.05, 4.69) is 18.7 Å². The van der Waals surface area contributed by atoms with Crippen LogP contribution in [0.1, 0.15) is 20.3 Å². The molecule has 0 saturated heterocycles. The molecule has 0 aliphatic rings. The number of hydrogen-bond donors (Lipinski definition) is 0. The average Bonchev–Trinajstić information content (AvgIpc) is 2.00. The molecule has 0 saturated carbocycles. The predicted molar refractivity (Wildman–Crippen MR) is 52.2 cm³/mol. The van der Waals surface area contributed by atoms with Crippen LogP contribution in [0, 0.1) is 17.2 Å². The third kappa shape index (κ3) is 6.45. The fourth-order valence-electron chi connectivity index (χ4n) is 0.884. The lowest BCUT2D eigenvalue weighted by atomic mass is 10.1. The lowest BCUT2D eigenvalue weighted by Gasteiger charge is -2.17. The van der Waals surface area contributed by atoms with Gasteiger partial charge in [-0.1, -0.05) is 13.8 Å². The zero-order valence-electron chi connectivity index (χ0n) is 8.05. The molecule has 0 rings (SSSR count). The summed E-state index contributed by atoms with van der Waals surface area (Å²) in [6.45, 7) is 6.06. The number of alkyl halides is 1. The van der Waals surface area contributed by atoms with Gasteiger partial charge in [-0.3, -0.25) is 0 Å². The highest BCUT2D eigenvalue weighted by molar-refractivity contribution is 6.22. The topological polar surface area (TPSA) is 27.0 Å². The molecular formula is C9H17ClN2. The second-order valence-electron chi connectivity index (χ2n) is 3.54. The van der Waals surface area contributed by atoms with E-state index in [4.69, 9.17) is 16.9 Å². The van der Waals surface area contributed by atoms with Gasteiger partial charge in [0.2, 0.25) is 0 Å². The van der Waals surface area contributed by atoms with Crippen LogP contribution in [0.4, 0.5) is 0 Å². The number of nitriles is 1. The Hall–Kier alpha value is -0.260. The second kappa shape index (κ2) is 6.28. The van der Waals surface area contributed by atoms with Crippen LogP contribution >= 0.6 is 11.6 Å². The molecule has 0 heterocycles. The van der Waals surface area contributed by atoms with Crippen LogP contribution in [0.2, 0.25) is 0 Å². The monoisotopic (exact) mass is 188 g/mol. The molecule has 0 aromatic heterocycles. The Kier molecular flexibility index (Phi) is 6.14. The molecule has 0 aliphatic carbocycles. The quantitative estimate of drug-likeness (QED) is 0.618. The van der Waals surface area contributed by atoms with Gasteiger partial charge in [-0.25, -0.2) is 0 Å². The minimum Gasteiger partial charge on any atom is -0.304 e. The van der Waals surface area contributed by atoms with Crippen LogP contribution < -0.4 is 0 Å². The van der Waals surface area contributed by atoms with Gasteiger partial charge in [0.15, 0.2) is 0 Å². The van der Waals surface area contributed by atoms with E-state index in [1.807, 2.05) is 13.1 Å². The maximum absolute atomic E-state index is 8.45. The van der Waals surface area contributed by atoms with E-state index >= 15 is 0 Å². The molecule has 0 bridgehead atoms. The minimum absolute atomic E-state index is 0.373. The Morgan fingerprint density at radius 1 is 1.50 bits per heavy atom. The summed E-state index contributed by atoms with van der Waals surface area (Å²) in [7, 11) is 2.00. The van der Waals surface area contributed by atoms with Crippen molar-refractivity contribution >= 4 is 11.6 Å². The molecule has 0 radical (unpaired) electrons. The molecule has 0 fully saturated rings. The molecular weight excluding hydrogens is 172 g/mol. The maximum Gasteiger partial charge on any atom is 0.133 e. The van der Waals surface area contributed by atoms with Gasteiger partial charge >= 0.3 is 0 Å². The highest BCUT2D eigenvalue weighted by atomic mass is 35.5. The molecule has 0 aliphatic heterocycles. The van der Waals surface area contributed by atoms with Gasteiger partial charge in [0, 0.05) is 6.54 Å². The van der Waals surface area contributed by atoms with Crippen molar-refractivity contribution in [3.8, 4) is 6.07 Å². The van der Waals surface area contributed by atoms with E-state index in [0.29, 0.717) is 12.5 Å². The van der Waals surface area contributed by atoms with Gasteiger partial charge in [-0.2, -0.15) is 5.26 Å². The molecule has 12 heavy (non-hydrogen) atoms. The number of halogens is 1. The molecule has 3 heteroatoms. The number of rotatable bonds is 5. The van der Waals surface area contributed by atoms with E-state index in [-0.39, 0.29) is 5.38 Å². The van der Waals surface area contributed by atoms with Crippen molar-refractivity contribution in [3.05, 3.63) is 0 Å². The molecule has 1 atom stereocenters. The summed E-state index contributed by atoms with van der Waals surface area (Å²) in [5.41, 5.74) is 0. The van der Waals surface area contributed by atoms with Gasteiger partial charge in [-0.15, -0.1) is 11.6 Å². The van der Waals surface area contributed by atoms with Crippen molar-refractivity contribution in [2.24, 2.45) is 5.92 Å². The van der Waals surface area contributed by atoms with Crippen molar-refractivity contribution in [1.29, 1.82) is 5.26 Å². The van der Waals surface area contributed by atoms with Crippen molar-refractivity contribution in [3.63, 3.8) is 0 Å². The highest BCUT2D eigenvalue weighted by Crippen LogP contribution is 2.02. The van der Waals surface area contributed by atoms with Gasteiger partial charge < -0.3 is 4.90 Å². The minimum atomic E-state index is -0.373.